The second-order valence-corrected chi connectivity index (χ2v) is 6.69. The molecule has 0 atom stereocenters. The van der Waals surface area contributed by atoms with E-state index in [1.54, 1.807) is 6.07 Å². The fraction of sp³-hybridized carbons (Fsp3) is 0.308. The van der Waals surface area contributed by atoms with Crippen LogP contribution in [0.4, 0.5) is 0 Å². The summed E-state index contributed by atoms with van der Waals surface area (Å²) in [5.41, 5.74) is 1.67. The lowest BCUT2D eigenvalue weighted by molar-refractivity contribution is 0.112. The normalized spacial score (nSPS) is 11.8. The first-order valence-electron chi connectivity index (χ1n) is 5.71. The van der Waals surface area contributed by atoms with Crippen LogP contribution in [0.1, 0.15) is 16.8 Å². The molecule has 1 heterocycles. The lowest BCUT2D eigenvalue weighted by Crippen LogP contribution is -2.06. The smallest absolute Gasteiger partial charge is 0.150 e. The molecule has 1 aromatic heterocycles. The molecule has 5 heteroatoms. The number of benzene rings is 1. The van der Waals surface area contributed by atoms with Crippen LogP contribution in [0, 0.1) is 0 Å². The summed E-state index contributed by atoms with van der Waals surface area (Å²) in [6, 6.07) is 7.42. The molecule has 0 spiro atoms. The van der Waals surface area contributed by atoms with Crippen LogP contribution in [-0.2, 0) is 16.4 Å². The number of aldehydes is 1. The minimum absolute atomic E-state index is 0.194. The zero-order valence-corrected chi connectivity index (χ0v) is 11.0. The number of fused-ring (bicyclic) bond motifs is 1. The zero-order valence-electron chi connectivity index (χ0n) is 10.2. The molecule has 96 valence electrons. The van der Waals surface area contributed by atoms with E-state index in [1.165, 1.54) is 6.26 Å². The molecule has 0 aliphatic carbocycles. The van der Waals surface area contributed by atoms with Gasteiger partial charge in [-0.1, -0.05) is 0 Å². The number of hydrogen-bond donors (Lipinski definition) is 0. The number of aromatic nitrogens is 1. The van der Waals surface area contributed by atoms with Gasteiger partial charge in [0.05, 0.1) is 5.75 Å². The van der Waals surface area contributed by atoms with E-state index < -0.39 is 9.84 Å². The van der Waals surface area contributed by atoms with Gasteiger partial charge in [-0.25, -0.2) is 8.42 Å². The molecule has 0 N–H and O–H groups in total. The number of rotatable bonds is 5. The van der Waals surface area contributed by atoms with E-state index in [0.717, 1.165) is 17.2 Å². The second kappa shape index (κ2) is 4.94. The van der Waals surface area contributed by atoms with Crippen molar-refractivity contribution in [2.24, 2.45) is 0 Å². The molecule has 4 nitrogen and oxygen atoms in total. The maximum Gasteiger partial charge on any atom is 0.150 e. The van der Waals surface area contributed by atoms with Crippen molar-refractivity contribution < 1.29 is 13.2 Å². The van der Waals surface area contributed by atoms with Crippen LogP contribution >= 0.6 is 0 Å². The van der Waals surface area contributed by atoms with Gasteiger partial charge in [0.1, 0.15) is 16.1 Å². The van der Waals surface area contributed by atoms with Crippen LogP contribution in [0.2, 0.25) is 0 Å². The Morgan fingerprint density at radius 2 is 2.06 bits per heavy atom. The van der Waals surface area contributed by atoms with E-state index in [-0.39, 0.29) is 5.75 Å². The summed E-state index contributed by atoms with van der Waals surface area (Å²) >= 11 is 0. The molecule has 0 fully saturated rings. The molecular weight excluding hydrogens is 250 g/mol. The van der Waals surface area contributed by atoms with Crippen molar-refractivity contribution in [1.29, 1.82) is 0 Å². The first kappa shape index (κ1) is 12.8. The number of hydrogen-bond acceptors (Lipinski definition) is 3. The third kappa shape index (κ3) is 2.98. The molecule has 0 saturated heterocycles. The van der Waals surface area contributed by atoms with Crippen molar-refractivity contribution in [3.8, 4) is 0 Å². The molecule has 0 aliphatic rings. The molecule has 2 aromatic rings. The van der Waals surface area contributed by atoms with Crippen LogP contribution < -0.4 is 0 Å². The third-order valence-electron chi connectivity index (χ3n) is 2.85. The Kier molecular flexibility index (Phi) is 3.52. The van der Waals surface area contributed by atoms with Crippen LogP contribution in [0.5, 0.6) is 0 Å². The van der Waals surface area contributed by atoms with Crippen molar-refractivity contribution in [2.45, 2.75) is 13.0 Å². The number of sulfone groups is 1. The molecule has 18 heavy (non-hydrogen) atoms. The van der Waals surface area contributed by atoms with Gasteiger partial charge in [0.15, 0.2) is 0 Å². The van der Waals surface area contributed by atoms with Gasteiger partial charge >= 0.3 is 0 Å². The SMILES string of the molecule is CS(=O)(=O)CCCn1ccc2cc(C=O)ccc21. The lowest BCUT2D eigenvalue weighted by atomic mass is 10.2. The standard InChI is InChI=1S/C13H15NO3S/c1-18(16,17)8-2-6-14-7-5-12-9-11(10-15)3-4-13(12)14/h3-5,7,9-10H,2,6,8H2,1H3. The van der Waals surface area contributed by atoms with Crippen molar-refractivity contribution >= 4 is 27.0 Å². The van der Waals surface area contributed by atoms with Gasteiger partial charge in [-0.2, -0.15) is 0 Å². The molecule has 0 aliphatic heterocycles. The van der Waals surface area contributed by atoms with E-state index in [0.29, 0.717) is 18.5 Å². The first-order valence-corrected chi connectivity index (χ1v) is 7.77. The van der Waals surface area contributed by atoms with Crippen molar-refractivity contribution in [3.05, 3.63) is 36.0 Å². The summed E-state index contributed by atoms with van der Waals surface area (Å²) in [6.07, 6.45) is 4.58. The lowest BCUT2D eigenvalue weighted by Gasteiger charge is -2.04. The van der Waals surface area contributed by atoms with Gasteiger partial charge in [-0.3, -0.25) is 4.79 Å². The van der Waals surface area contributed by atoms with E-state index in [1.807, 2.05) is 29.0 Å². The second-order valence-electron chi connectivity index (χ2n) is 4.43. The Hall–Kier alpha value is -1.62. The average molecular weight is 265 g/mol. The predicted octanol–water partition coefficient (Wildman–Crippen LogP) is 1.89. The van der Waals surface area contributed by atoms with Crippen molar-refractivity contribution in [3.63, 3.8) is 0 Å². The van der Waals surface area contributed by atoms with Crippen LogP contribution in [-0.4, -0.2) is 31.3 Å². The molecular formula is C13H15NO3S. The maximum absolute atomic E-state index is 11.1. The predicted molar refractivity (Wildman–Crippen MR) is 71.7 cm³/mol. The van der Waals surface area contributed by atoms with Gasteiger partial charge in [0.2, 0.25) is 0 Å². The largest absolute Gasteiger partial charge is 0.347 e. The van der Waals surface area contributed by atoms with Gasteiger partial charge in [0.25, 0.3) is 0 Å². The van der Waals surface area contributed by atoms with Crippen LogP contribution in [0.15, 0.2) is 30.5 Å². The minimum atomic E-state index is -2.90. The quantitative estimate of drug-likeness (QED) is 0.776. The van der Waals surface area contributed by atoms with E-state index in [9.17, 15) is 13.2 Å². The molecule has 2 rings (SSSR count). The monoisotopic (exact) mass is 265 g/mol. The molecule has 0 amide bonds. The number of carbonyl (C=O) groups excluding carboxylic acids is 1. The topological polar surface area (TPSA) is 56.1 Å². The minimum Gasteiger partial charge on any atom is -0.347 e. The summed E-state index contributed by atoms with van der Waals surface area (Å²) in [5.74, 6) is 0.194. The Balaban J connectivity index is 2.17. The molecule has 1 aromatic carbocycles. The molecule has 0 bridgehead atoms. The van der Waals surface area contributed by atoms with E-state index in [4.69, 9.17) is 0 Å². The summed E-state index contributed by atoms with van der Waals surface area (Å²) in [4.78, 5) is 10.7. The molecule has 0 saturated carbocycles. The fourth-order valence-electron chi connectivity index (χ4n) is 1.98. The van der Waals surface area contributed by atoms with Crippen molar-refractivity contribution in [1.82, 2.24) is 4.57 Å². The fourth-order valence-corrected chi connectivity index (χ4v) is 2.64. The highest BCUT2D eigenvalue weighted by Crippen LogP contribution is 2.17. The Bertz CT molecular complexity index is 671. The summed E-state index contributed by atoms with van der Waals surface area (Å²) in [6.45, 7) is 0.664. The maximum atomic E-state index is 11.1. The zero-order chi connectivity index (χ0) is 13.2. The van der Waals surface area contributed by atoms with Gasteiger partial charge in [0, 0.05) is 35.5 Å². The Morgan fingerprint density at radius 1 is 1.28 bits per heavy atom. The number of nitrogens with zero attached hydrogens (tertiary/aromatic N) is 1. The van der Waals surface area contributed by atoms with Gasteiger partial charge < -0.3 is 4.57 Å². The highest BCUT2D eigenvalue weighted by atomic mass is 32.2. The molecule has 0 unspecified atom stereocenters. The van der Waals surface area contributed by atoms with Crippen LogP contribution in [0.25, 0.3) is 10.9 Å². The van der Waals surface area contributed by atoms with E-state index in [2.05, 4.69) is 0 Å². The van der Waals surface area contributed by atoms with E-state index >= 15 is 0 Å². The summed E-state index contributed by atoms with van der Waals surface area (Å²) < 4.78 is 24.1. The Labute approximate surface area is 106 Å². The summed E-state index contributed by atoms with van der Waals surface area (Å²) in [7, 11) is -2.90. The van der Waals surface area contributed by atoms with Gasteiger partial charge in [-0.05, 0) is 30.7 Å². The highest BCUT2D eigenvalue weighted by molar-refractivity contribution is 7.90. The highest BCUT2D eigenvalue weighted by Gasteiger charge is 2.05. The Morgan fingerprint density at radius 3 is 2.72 bits per heavy atom. The molecule has 0 radical (unpaired) electrons. The van der Waals surface area contributed by atoms with Crippen molar-refractivity contribution in [2.75, 3.05) is 12.0 Å². The average Bonchev–Trinajstić information content (AvgIpc) is 2.70. The van der Waals surface area contributed by atoms with Crippen LogP contribution in [0.3, 0.4) is 0 Å². The first-order chi connectivity index (χ1) is 8.49. The number of carbonyl (C=O) groups is 1. The summed E-state index contributed by atoms with van der Waals surface area (Å²) in [5, 5.41) is 0.999. The number of aryl methyl sites for hydroxylation is 1. The van der Waals surface area contributed by atoms with Gasteiger partial charge in [-0.15, -0.1) is 0 Å². The third-order valence-corrected chi connectivity index (χ3v) is 3.88.